The van der Waals surface area contributed by atoms with Crippen molar-refractivity contribution in [2.24, 2.45) is 7.05 Å². The molecule has 1 saturated carbocycles. The normalized spacial score (nSPS) is 17.5. The molecule has 0 saturated heterocycles. The second kappa shape index (κ2) is 2.97. The summed E-state index contributed by atoms with van der Waals surface area (Å²) in [7, 11) is 1.93. The van der Waals surface area contributed by atoms with Gasteiger partial charge in [0.15, 0.2) is 0 Å². The molecule has 0 aliphatic heterocycles. The zero-order valence-electron chi connectivity index (χ0n) is 8.16. The van der Waals surface area contributed by atoms with Crippen LogP contribution in [0.4, 0.5) is 0 Å². The van der Waals surface area contributed by atoms with Gasteiger partial charge < -0.3 is 9.88 Å². The minimum Gasteiger partial charge on any atom is -0.342 e. The number of hydrogen-bond acceptors (Lipinski definition) is 2. The number of rotatable bonds is 3. The molecule has 1 aromatic heterocycles. The van der Waals surface area contributed by atoms with Gasteiger partial charge >= 0.3 is 0 Å². The van der Waals surface area contributed by atoms with Crippen molar-refractivity contribution in [3.63, 3.8) is 0 Å². The monoisotopic (exact) mass is 191 g/mol. The molecule has 1 aromatic rings. The third-order valence-corrected chi connectivity index (χ3v) is 2.60. The van der Waals surface area contributed by atoms with Crippen LogP contribution in [0.3, 0.4) is 0 Å². The fourth-order valence-corrected chi connectivity index (χ4v) is 1.68. The molecule has 0 radical (unpaired) electrons. The molecule has 0 aromatic carbocycles. The van der Waals surface area contributed by atoms with E-state index >= 15 is 0 Å². The lowest BCUT2D eigenvalue weighted by molar-refractivity contribution is -0.117. The first kappa shape index (κ1) is 8.99. The molecule has 0 unspecified atom stereocenters. The van der Waals surface area contributed by atoms with Gasteiger partial charge in [0.05, 0.1) is 23.8 Å². The molecule has 1 heterocycles. The van der Waals surface area contributed by atoms with E-state index in [1.54, 1.807) is 12.5 Å². The van der Waals surface area contributed by atoms with Gasteiger partial charge in [0.1, 0.15) is 0 Å². The number of hydrogen-bond donors (Lipinski definition) is 1. The highest BCUT2D eigenvalue weighted by atomic mass is 16.1. The van der Waals surface area contributed by atoms with Crippen molar-refractivity contribution < 1.29 is 4.79 Å². The Morgan fingerprint density at radius 2 is 2.50 bits per heavy atom. The van der Waals surface area contributed by atoms with Crippen LogP contribution in [0, 0.1) is 0 Å². The van der Waals surface area contributed by atoms with Crippen molar-refractivity contribution in [3.05, 3.63) is 30.9 Å². The Morgan fingerprint density at radius 1 is 1.79 bits per heavy atom. The minimum absolute atomic E-state index is 0.122. The Labute approximate surface area is 82.6 Å². The van der Waals surface area contributed by atoms with E-state index in [0.717, 1.165) is 18.5 Å². The van der Waals surface area contributed by atoms with Crippen LogP contribution >= 0.6 is 0 Å². The van der Waals surface area contributed by atoms with Crippen LogP contribution in [0.15, 0.2) is 25.2 Å². The van der Waals surface area contributed by atoms with E-state index in [-0.39, 0.29) is 11.4 Å². The highest BCUT2D eigenvalue weighted by Gasteiger charge is 2.47. The van der Waals surface area contributed by atoms with Crippen LogP contribution in [-0.4, -0.2) is 15.5 Å². The molecule has 1 amide bonds. The molecule has 1 fully saturated rings. The molecule has 4 heteroatoms. The maximum absolute atomic E-state index is 11.2. The molecule has 1 N–H and O–H groups in total. The molecule has 2 rings (SSSR count). The minimum atomic E-state index is -0.184. The Balaban J connectivity index is 2.21. The Kier molecular flexibility index (Phi) is 1.91. The number of aromatic nitrogens is 2. The average Bonchev–Trinajstić information content (AvgIpc) is 2.80. The summed E-state index contributed by atoms with van der Waals surface area (Å²) in [6, 6.07) is 0. The summed E-state index contributed by atoms with van der Waals surface area (Å²) in [6.07, 6.45) is 6.81. The largest absolute Gasteiger partial charge is 0.342 e. The smallest absolute Gasteiger partial charge is 0.244 e. The first-order valence-corrected chi connectivity index (χ1v) is 4.59. The van der Waals surface area contributed by atoms with E-state index in [1.807, 2.05) is 11.6 Å². The van der Waals surface area contributed by atoms with Gasteiger partial charge in [-0.25, -0.2) is 4.98 Å². The fraction of sp³-hybridized carbons (Fsp3) is 0.400. The van der Waals surface area contributed by atoms with Gasteiger partial charge in [0.2, 0.25) is 5.91 Å². The molecular weight excluding hydrogens is 178 g/mol. The standard InChI is InChI=1S/C10H13N3O/c1-3-9(14)12-10(4-5-10)8-6-11-7-13(8)2/h3,6-7H,1,4-5H2,2H3,(H,12,14). The number of amides is 1. The molecule has 74 valence electrons. The molecule has 0 atom stereocenters. The summed E-state index contributed by atoms with van der Waals surface area (Å²) in [5.41, 5.74) is 0.879. The van der Waals surface area contributed by atoms with Crippen molar-refractivity contribution in [2.45, 2.75) is 18.4 Å². The quantitative estimate of drug-likeness (QED) is 0.715. The maximum atomic E-state index is 11.2. The van der Waals surface area contributed by atoms with Crippen molar-refractivity contribution in [1.82, 2.24) is 14.9 Å². The van der Waals surface area contributed by atoms with Crippen molar-refractivity contribution in [1.29, 1.82) is 0 Å². The van der Waals surface area contributed by atoms with Crippen molar-refractivity contribution in [3.8, 4) is 0 Å². The lowest BCUT2D eigenvalue weighted by Gasteiger charge is -2.16. The maximum Gasteiger partial charge on any atom is 0.244 e. The van der Waals surface area contributed by atoms with Gasteiger partial charge in [-0.1, -0.05) is 6.58 Å². The molecule has 14 heavy (non-hydrogen) atoms. The first-order valence-electron chi connectivity index (χ1n) is 4.59. The number of nitrogens with zero attached hydrogens (tertiary/aromatic N) is 2. The summed E-state index contributed by atoms with van der Waals surface area (Å²) >= 11 is 0. The van der Waals surface area contributed by atoms with E-state index in [0.29, 0.717) is 0 Å². The van der Waals surface area contributed by atoms with Crippen LogP contribution in [-0.2, 0) is 17.4 Å². The zero-order chi connectivity index (χ0) is 10.2. The molecular formula is C10H13N3O. The van der Waals surface area contributed by atoms with Gasteiger partial charge in [-0.2, -0.15) is 0 Å². The lowest BCUT2D eigenvalue weighted by Crippen LogP contribution is -2.34. The third-order valence-electron chi connectivity index (χ3n) is 2.60. The van der Waals surface area contributed by atoms with Gasteiger partial charge in [0.25, 0.3) is 0 Å². The first-order chi connectivity index (χ1) is 6.68. The van der Waals surface area contributed by atoms with Crippen molar-refractivity contribution >= 4 is 5.91 Å². The predicted molar refractivity (Wildman–Crippen MR) is 52.5 cm³/mol. The zero-order valence-corrected chi connectivity index (χ0v) is 8.16. The number of carbonyl (C=O) groups excluding carboxylic acids is 1. The second-order valence-electron chi connectivity index (χ2n) is 3.67. The molecule has 1 aliphatic carbocycles. The number of nitrogens with one attached hydrogen (secondary N) is 1. The molecule has 0 bridgehead atoms. The lowest BCUT2D eigenvalue weighted by atomic mass is 10.2. The van der Waals surface area contributed by atoms with Gasteiger partial charge in [-0.05, 0) is 18.9 Å². The van der Waals surface area contributed by atoms with Gasteiger partial charge in [-0.3, -0.25) is 4.79 Å². The van der Waals surface area contributed by atoms with E-state index in [9.17, 15) is 4.79 Å². The summed E-state index contributed by atoms with van der Waals surface area (Å²) < 4.78 is 1.94. The summed E-state index contributed by atoms with van der Waals surface area (Å²) in [5, 5.41) is 2.94. The third kappa shape index (κ3) is 1.32. The summed E-state index contributed by atoms with van der Waals surface area (Å²) in [6.45, 7) is 3.44. The summed E-state index contributed by atoms with van der Waals surface area (Å²) in [4.78, 5) is 15.3. The summed E-state index contributed by atoms with van der Waals surface area (Å²) in [5.74, 6) is -0.122. The molecule has 0 spiro atoms. The predicted octanol–water partition coefficient (Wildman–Crippen LogP) is 0.711. The van der Waals surface area contributed by atoms with Gasteiger partial charge in [-0.15, -0.1) is 0 Å². The Hall–Kier alpha value is -1.58. The fourth-order valence-electron chi connectivity index (χ4n) is 1.68. The number of aryl methyl sites for hydroxylation is 1. The van der Waals surface area contributed by atoms with Gasteiger partial charge in [0, 0.05) is 7.05 Å². The highest BCUT2D eigenvalue weighted by molar-refractivity contribution is 5.87. The Bertz CT molecular complexity index is 376. The van der Waals surface area contributed by atoms with Crippen LogP contribution in [0.1, 0.15) is 18.5 Å². The topological polar surface area (TPSA) is 46.9 Å². The van der Waals surface area contributed by atoms with Crippen LogP contribution in [0.25, 0.3) is 0 Å². The van der Waals surface area contributed by atoms with E-state index in [2.05, 4.69) is 16.9 Å². The number of imidazole rings is 1. The van der Waals surface area contributed by atoms with Crippen LogP contribution in [0.2, 0.25) is 0 Å². The van der Waals surface area contributed by atoms with E-state index < -0.39 is 0 Å². The molecule has 4 nitrogen and oxygen atoms in total. The van der Waals surface area contributed by atoms with Crippen LogP contribution < -0.4 is 5.32 Å². The van der Waals surface area contributed by atoms with Crippen molar-refractivity contribution in [2.75, 3.05) is 0 Å². The average molecular weight is 191 g/mol. The highest BCUT2D eigenvalue weighted by Crippen LogP contribution is 2.44. The van der Waals surface area contributed by atoms with Crippen LogP contribution in [0.5, 0.6) is 0 Å². The molecule has 1 aliphatic rings. The number of carbonyl (C=O) groups is 1. The van der Waals surface area contributed by atoms with E-state index in [1.165, 1.54) is 6.08 Å². The SMILES string of the molecule is C=CC(=O)NC1(c2cncn2C)CC1. The van der Waals surface area contributed by atoms with E-state index in [4.69, 9.17) is 0 Å². The second-order valence-corrected chi connectivity index (χ2v) is 3.67. The Morgan fingerprint density at radius 3 is 2.93 bits per heavy atom.